The zero-order valence-corrected chi connectivity index (χ0v) is 16.3. The first-order valence-corrected chi connectivity index (χ1v) is 9.36. The molecule has 4 nitrogen and oxygen atoms in total. The smallest absolute Gasteiger partial charge is 0.379 e. The van der Waals surface area contributed by atoms with Gasteiger partial charge in [0.15, 0.2) is 6.10 Å². The fourth-order valence-electron chi connectivity index (χ4n) is 3.77. The molecule has 0 saturated carbocycles. The summed E-state index contributed by atoms with van der Waals surface area (Å²) in [5.74, 6) is -0.269. The van der Waals surface area contributed by atoms with E-state index >= 15 is 0 Å². The van der Waals surface area contributed by atoms with Crippen molar-refractivity contribution in [3.8, 4) is 6.07 Å². The van der Waals surface area contributed by atoms with Gasteiger partial charge in [-0.05, 0) is 47.7 Å². The zero-order chi connectivity index (χ0) is 21.3. The van der Waals surface area contributed by atoms with Crippen molar-refractivity contribution in [3.63, 3.8) is 0 Å². The van der Waals surface area contributed by atoms with Crippen LogP contribution >= 0.6 is 11.6 Å². The summed E-state index contributed by atoms with van der Waals surface area (Å²) >= 11 is 6.15. The highest BCUT2D eigenvalue weighted by Gasteiger charge is 2.42. The number of carbonyl (C=O) groups excluding carboxylic acids is 1. The number of rotatable bonds is 3. The molecule has 3 rings (SSSR count). The molecule has 0 radical (unpaired) electrons. The standard InChI is InChI=1S/C21H18ClF3N2O2/c1-12-14-5-3-6-16(20(29)21(23,24)25)15(14)8-9-27(12)19(28)10-17-13(11-26)4-2-7-18(17)22/h2-7,12,20,29H,8-10H2,1H3/t12-,20-/m0/s1. The lowest BCUT2D eigenvalue weighted by Gasteiger charge is -2.37. The van der Waals surface area contributed by atoms with Gasteiger partial charge >= 0.3 is 6.18 Å². The third kappa shape index (κ3) is 4.09. The van der Waals surface area contributed by atoms with Crippen molar-refractivity contribution in [2.75, 3.05) is 6.54 Å². The highest BCUT2D eigenvalue weighted by Crippen LogP contribution is 2.39. The van der Waals surface area contributed by atoms with Gasteiger partial charge in [-0.1, -0.05) is 35.9 Å². The number of nitrogens with zero attached hydrogens (tertiary/aromatic N) is 2. The quantitative estimate of drug-likeness (QED) is 0.792. The van der Waals surface area contributed by atoms with E-state index in [4.69, 9.17) is 11.6 Å². The Morgan fingerprint density at radius 1 is 1.34 bits per heavy atom. The van der Waals surface area contributed by atoms with Crippen LogP contribution in [0.2, 0.25) is 5.02 Å². The molecule has 1 aliphatic rings. The number of fused-ring (bicyclic) bond motifs is 1. The van der Waals surface area contributed by atoms with E-state index in [9.17, 15) is 28.3 Å². The van der Waals surface area contributed by atoms with Crippen LogP contribution in [0.15, 0.2) is 36.4 Å². The van der Waals surface area contributed by atoms with Crippen molar-refractivity contribution in [1.29, 1.82) is 5.26 Å². The number of aliphatic hydroxyl groups is 1. The van der Waals surface area contributed by atoms with Crippen molar-refractivity contribution < 1.29 is 23.1 Å². The molecule has 2 atom stereocenters. The second-order valence-corrected chi connectivity index (χ2v) is 7.33. The van der Waals surface area contributed by atoms with E-state index in [2.05, 4.69) is 0 Å². The van der Waals surface area contributed by atoms with E-state index in [0.29, 0.717) is 27.3 Å². The van der Waals surface area contributed by atoms with Gasteiger partial charge in [0.2, 0.25) is 5.91 Å². The fraction of sp³-hybridized carbons (Fsp3) is 0.333. The largest absolute Gasteiger partial charge is 0.418 e. The molecule has 2 aromatic rings. The van der Waals surface area contributed by atoms with E-state index in [1.165, 1.54) is 12.1 Å². The number of nitriles is 1. The minimum Gasteiger partial charge on any atom is -0.379 e. The maximum Gasteiger partial charge on any atom is 0.418 e. The number of carbonyl (C=O) groups is 1. The van der Waals surface area contributed by atoms with Crippen LogP contribution in [-0.2, 0) is 17.6 Å². The minimum atomic E-state index is -4.76. The van der Waals surface area contributed by atoms with E-state index in [1.807, 2.05) is 6.07 Å². The van der Waals surface area contributed by atoms with Crippen LogP contribution in [0.3, 0.4) is 0 Å². The van der Waals surface area contributed by atoms with Gasteiger partial charge < -0.3 is 10.0 Å². The third-order valence-corrected chi connectivity index (χ3v) is 5.62. The molecule has 0 unspecified atom stereocenters. The molecule has 1 heterocycles. The van der Waals surface area contributed by atoms with Crippen LogP contribution in [0, 0.1) is 11.3 Å². The summed E-state index contributed by atoms with van der Waals surface area (Å²) in [4.78, 5) is 14.5. The lowest BCUT2D eigenvalue weighted by Crippen LogP contribution is -2.40. The van der Waals surface area contributed by atoms with E-state index in [1.54, 1.807) is 36.1 Å². The van der Waals surface area contributed by atoms with Crippen molar-refractivity contribution in [3.05, 3.63) is 69.2 Å². The molecular formula is C21H18ClF3N2O2. The fourth-order valence-corrected chi connectivity index (χ4v) is 4.01. The molecule has 0 saturated heterocycles. The maximum atomic E-state index is 13.0. The molecule has 0 spiro atoms. The summed E-state index contributed by atoms with van der Waals surface area (Å²) in [5, 5.41) is 19.3. The van der Waals surface area contributed by atoms with Crippen LogP contribution in [0.25, 0.3) is 0 Å². The SMILES string of the molecule is C[C@H]1c2cccc([C@H](O)C(F)(F)F)c2CCN1C(=O)Cc1c(Cl)cccc1C#N. The van der Waals surface area contributed by atoms with Crippen LogP contribution in [0.4, 0.5) is 13.2 Å². The Morgan fingerprint density at radius 2 is 2.03 bits per heavy atom. The normalized spacial score (nSPS) is 17.4. The van der Waals surface area contributed by atoms with E-state index in [0.717, 1.165) is 0 Å². The Balaban J connectivity index is 1.89. The molecule has 8 heteroatoms. The highest BCUT2D eigenvalue weighted by molar-refractivity contribution is 6.31. The average molecular weight is 423 g/mol. The van der Waals surface area contributed by atoms with Gasteiger partial charge in [-0.25, -0.2) is 0 Å². The van der Waals surface area contributed by atoms with E-state index in [-0.39, 0.29) is 30.9 Å². The zero-order valence-electron chi connectivity index (χ0n) is 15.5. The molecule has 1 N–H and O–H groups in total. The number of hydrogen-bond acceptors (Lipinski definition) is 3. The Hall–Kier alpha value is -2.56. The topological polar surface area (TPSA) is 64.3 Å². The second-order valence-electron chi connectivity index (χ2n) is 6.93. The summed E-state index contributed by atoms with van der Waals surface area (Å²) in [6.45, 7) is 1.94. The summed E-state index contributed by atoms with van der Waals surface area (Å²) in [6, 6.07) is 10.7. The minimum absolute atomic E-state index is 0.0763. The van der Waals surface area contributed by atoms with Gasteiger partial charge in [0.05, 0.1) is 24.1 Å². The number of hydrogen-bond donors (Lipinski definition) is 1. The molecule has 1 aliphatic heterocycles. The van der Waals surface area contributed by atoms with Crippen LogP contribution < -0.4 is 0 Å². The number of benzene rings is 2. The first kappa shape index (κ1) is 21.2. The second kappa shape index (κ2) is 8.05. The number of amides is 1. The summed E-state index contributed by atoms with van der Waals surface area (Å²) in [7, 11) is 0. The summed E-state index contributed by atoms with van der Waals surface area (Å²) in [5.41, 5.74) is 1.56. The summed E-state index contributed by atoms with van der Waals surface area (Å²) < 4.78 is 39.0. The van der Waals surface area contributed by atoms with Crippen molar-refractivity contribution in [2.24, 2.45) is 0 Å². The Labute approximate surface area is 171 Å². The summed E-state index contributed by atoms with van der Waals surface area (Å²) in [6.07, 6.45) is -7.20. The van der Waals surface area contributed by atoms with E-state index < -0.39 is 18.3 Å². The number of aliphatic hydroxyl groups excluding tert-OH is 1. The van der Waals surface area contributed by atoms with Crippen molar-refractivity contribution in [1.82, 2.24) is 4.90 Å². The van der Waals surface area contributed by atoms with Crippen molar-refractivity contribution >= 4 is 17.5 Å². The first-order valence-electron chi connectivity index (χ1n) is 8.98. The molecule has 29 heavy (non-hydrogen) atoms. The predicted octanol–water partition coefficient (Wildman–Crippen LogP) is 4.50. The molecule has 0 bridgehead atoms. The van der Waals surface area contributed by atoms with Crippen LogP contribution in [0.1, 0.15) is 46.9 Å². The average Bonchev–Trinajstić information content (AvgIpc) is 2.68. The Morgan fingerprint density at radius 3 is 2.69 bits per heavy atom. The van der Waals surface area contributed by atoms with Gasteiger partial charge in [-0.3, -0.25) is 4.79 Å². The van der Waals surface area contributed by atoms with Crippen LogP contribution in [-0.4, -0.2) is 28.6 Å². The number of alkyl halides is 3. The van der Waals surface area contributed by atoms with Gasteiger partial charge in [0.25, 0.3) is 0 Å². The number of halogens is 4. The molecule has 0 aliphatic carbocycles. The maximum absolute atomic E-state index is 13.0. The monoisotopic (exact) mass is 422 g/mol. The molecule has 1 amide bonds. The molecule has 152 valence electrons. The van der Waals surface area contributed by atoms with Gasteiger partial charge in [-0.2, -0.15) is 18.4 Å². The van der Waals surface area contributed by atoms with Gasteiger partial charge in [0.1, 0.15) is 0 Å². The Bertz CT molecular complexity index is 985. The Kier molecular flexibility index (Phi) is 5.87. The molecule has 0 aromatic heterocycles. The van der Waals surface area contributed by atoms with Crippen LogP contribution in [0.5, 0.6) is 0 Å². The van der Waals surface area contributed by atoms with Gasteiger partial charge in [0, 0.05) is 11.6 Å². The highest BCUT2D eigenvalue weighted by atomic mass is 35.5. The lowest BCUT2D eigenvalue weighted by atomic mass is 9.87. The third-order valence-electron chi connectivity index (χ3n) is 5.26. The predicted molar refractivity (Wildman–Crippen MR) is 101 cm³/mol. The lowest BCUT2D eigenvalue weighted by molar-refractivity contribution is -0.207. The first-order chi connectivity index (χ1) is 13.6. The van der Waals surface area contributed by atoms with Crippen molar-refractivity contribution in [2.45, 2.75) is 38.1 Å². The van der Waals surface area contributed by atoms with Gasteiger partial charge in [-0.15, -0.1) is 0 Å². The molecular weight excluding hydrogens is 405 g/mol. The molecule has 2 aromatic carbocycles. The molecule has 0 fully saturated rings.